The highest BCUT2D eigenvalue weighted by atomic mass is 16.3. The van der Waals surface area contributed by atoms with Crippen LogP contribution in [0, 0.1) is 0 Å². The van der Waals surface area contributed by atoms with Crippen LogP contribution in [0.1, 0.15) is 0 Å². The summed E-state index contributed by atoms with van der Waals surface area (Å²) in [6, 6.07) is 71.2. The van der Waals surface area contributed by atoms with Crippen LogP contribution in [-0.2, 0) is 0 Å². The summed E-state index contributed by atoms with van der Waals surface area (Å²) in [6.07, 6.45) is 0. The van der Waals surface area contributed by atoms with E-state index in [2.05, 4.69) is 223 Å². The molecule has 0 saturated carbocycles. The number of aromatic nitrogens is 7. The number of nitrogens with zero attached hydrogens (tertiary/aromatic N) is 7. The highest BCUT2D eigenvalue weighted by molar-refractivity contribution is 6.12. The van der Waals surface area contributed by atoms with Gasteiger partial charge >= 0.3 is 0 Å². The van der Waals surface area contributed by atoms with Crippen LogP contribution >= 0.6 is 0 Å². The molecular formula is C56H33N7O. The van der Waals surface area contributed by atoms with Gasteiger partial charge in [0.1, 0.15) is 11.2 Å². The second-order valence-corrected chi connectivity index (χ2v) is 16.7. The van der Waals surface area contributed by atoms with Crippen LogP contribution in [0.15, 0.2) is 205 Å². The van der Waals surface area contributed by atoms with Gasteiger partial charge in [-0.05, 0) is 103 Å². The Bertz CT molecular complexity index is 4410. The van der Waals surface area contributed by atoms with Crippen LogP contribution in [0.4, 0.5) is 0 Å². The number of rotatable bonds is 3. The summed E-state index contributed by atoms with van der Waals surface area (Å²) < 4.78 is 18.1. The number of benzene rings is 9. The molecule has 15 aromatic rings. The smallest absolute Gasteiger partial charge is 0.223 e. The van der Waals surface area contributed by atoms with E-state index in [0.717, 1.165) is 94.7 Å². The van der Waals surface area contributed by atoms with E-state index < -0.39 is 0 Å². The summed E-state index contributed by atoms with van der Waals surface area (Å²) in [7, 11) is 0. The van der Waals surface area contributed by atoms with Crippen molar-refractivity contribution in [2.75, 3.05) is 0 Å². The van der Waals surface area contributed by atoms with E-state index in [0.29, 0.717) is 0 Å². The summed E-state index contributed by atoms with van der Waals surface area (Å²) in [5, 5.41) is 6.95. The fraction of sp³-hybridized carbons (Fsp3) is 0. The van der Waals surface area contributed by atoms with Crippen molar-refractivity contribution >= 4 is 110 Å². The van der Waals surface area contributed by atoms with E-state index in [9.17, 15) is 0 Å². The fourth-order valence-corrected chi connectivity index (χ4v) is 10.6. The van der Waals surface area contributed by atoms with Crippen LogP contribution in [0.2, 0.25) is 0 Å². The van der Waals surface area contributed by atoms with Gasteiger partial charge in [-0.3, -0.25) is 8.80 Å². The maximum absolute atomic E-state index is 6.59. The van der Waals surface area contributed by atoms with E-state index >= 15 is 0 Å². The van der Waals surface area contributed by atoms with Gasteiger partial charge in [0.05, 0.1) is 60.9 Å². The summed E-state index contributed by atoms with van der Waals surface area (Å²) >= 11 is 0. The lowest BCUT2D eigenvalue weighted by Crippen LogP contribution is -2.02. The summed E-state index contributed by atoms with van der Waals surface area (Å²) in [5.41, 5.74) is 15.2. The highest BCUT2D eigenvalue weighted by Gasteiger charge is 2.22. The van der Waals surface area contributed by atoms with Crippen molar-refractivity contribution in [2.24, 2.45) is 0 Å². The minimum atomic E-state index is 0.744. The maximum atomic E-state index is 6.59. The molecule has 0 spiro atoms. The van der Waals surface area contributed by atoms with Crippen molar-refractivity contribution in [3.8, 4) is 17.1 Å². The Morgan fingerprint density at radius 3 is 1.14 bits per heavy atom. The van der Waals surface area contributed by atoms with Crippen LogP contribution in [0.3, 0.4) is 0 Å². The van der Waals surface area contributed by atoms with Gasteiger partial charge in [-0.1, -0.05) is 97.1 Å². The Labute approximate surface area is 362 Å². The average Bonchev–Trinajstić information content (AvgIpc) is 4.15. The summed E-state index contributed by atoms with van der Waals surface area (Å²) in [6.45, 7) is 0. The quantitative estimate of drug-likeness (QED) is 0.178. The first kappa shape index (κ1) is 33.8. The monoisotopic (exact) mass is 819 g/mol. The zero-order valence-electron chi connectivity index (χ0n) is 34.1. The second kappa shape index (κ2) is 12.4. The van der Waals surface area contributed by atoms with Gasteiger partial charge in [0, 0.05) is 43.7 Å². The second-order valence-electron chi connectivity index (χ2n) is 16.7. The molecule has 0 N–H and O–H groups in total. The molecule has 0 fully saturated rings. The Balaban J connectivity index is 1.06. The van der Waals surface area contributed by atoms with Crippen molar-refractivity contribution in [3.63, 3.8) is 0 Å². The summed E-state index contributed by atoms with van der Waals surface area (Å²) in [4.78, 5) is 10.9. The van der Waals surface area contributed by atoms with E-state index in [4.69, 9.17) is 14.4 Å². The van der Waals surface area contributed by atoms with Crippen molar-refractivity contribution < 1.29 is 4.42 Å². The molecule has 6 heterocycles. The van der Waals surface area contributed by atoms with Gasteiger partial charge in [-0.15, -0.1) is 0 Å². The van der Waals surface area contributed by atoms with Crippen LogP contribution in [-0.4, -0.2) is 32.5 Å². The van der Waals surface area contributed by atoms with Gasteiger partial charge in [-0.2, -0.15) is 0 Å². The third-order valence-electron chi connectivity index (χ3n) is 13.3. The van der Waals surface area contributed by atoms with Gasteiger partial charge in [0.15, 0.2) is 0 Å². The summed E-state index contributed by atoms with van der Waals surface area (Å²) in [5.74, 6) is 1.49. The molecule has 8 heteroatoms. The largest absolute Gasteiger partial charge is 0.456 e. The molecule has 0 aliphatic heterocycles. The minimum absolute atomic E-state index is 0.744. The Kier molecular flexibility index (Phi) is 6.53. The molecule has 6 aromatic heterocycles. The molecule has 0 radical (unpaired) electrons. The van der Waals surface area contributed by atoms with Crippen LogP contribution in [0.5, 0.6) is 0 Å². The van der Waals surface area contributed by atoms with Crippen LogP contribution in [0.25, 0.3) is 127 Å². The normalized spacial score (nSPS) is 12.4. The third kappa shape index (κ3) is 4.45. The molecule has 15 rings (SSSR count). The minimum Gasteiger partial charge on any atom is -0.456 e. The van der Waals surface area contributed by atoms with Crippen LogP contribution < -0.4 is 0 Å². The fourth-order valence-electron chi connectivity index (χ4n) is 10.6. The molecule has 298 valence electrons. The van der Waals surface area contributed by atoms with Gasteiger partial charge < -0.3 is 13.6 Å². The number of imidazole rings is 2. The number of hydrogen-bond acceptors (Lipinski definition) is 3. The topological polar surface area (TPSA) is 62.5 Å². The molecule has 0 aliphatic carbocycles. The molecule has 0 unspecified atom stereocenters. The van der Waals surface area contributed by atoms with Gasteiger partial charge in [0.2, 0.25) is 11.6 Å². The average molecular weight is 820 g/mol. The first-order valence-electron chi connectivity index (χ1n) is 21.6. The first-order chi connectivity index (χ1) is 31.7. The standard InChI is InChI=1S/C56H33N7O/c1-7-19-45-37(13-1)38-14-2-8-20-46(38)59(45)34-26-29-53-41(31-34)42-32-35(27-30-54(42)64-53)61-55-57-43-17-5-11-23-49(43)62(55)51-28-25-36(33-52(51)63-50-24-12-6-18-44(50)58-56(61)63)60-47-21-9-3-15-39(47)40-16-4-10-22-48(40)60/h1-33H. The Morgan fingerprint density at radius 1 is 0.281 bits per heavy atom. The number of fused-ring (bicyclic) bond motifs is 18. The lowest BCUT2D eigenvalue weighted by atomic mass is 10.1. The third-order valence-corrected chi connectivity index (χ3v) is 13.3. The van der Waals surface area contributed by atoms with Crippen molar-refractivity contribution in [1.29, 1.82) is 0 Å². The lowest BCUT2D eigenvalue weighted by Gasteiger charge is -2.10. The molecular weight excluding hydrogens is 787 g/mol. The molecule has 9 aromatic carbocycles. The van der Waals surface area contributed by atoms with Gasteiger partial charge in [-0.25, -0.2) is 14.5 Å². The first-order valence-corrected chi connectivity index (χ1v) is 21.6. The van der Waals surface area contributed by atoms with Gasteiger partial charge in [0.25, 0.3) is 0 Å². The van der Waals surface area contributed by atoms with Crippen molar-refractivity contribution in [1.82, 2.24) is 32.5 Å². The highest BCUT2D eigenvalue weighted by Crippen LogP contribution is 2.39. The van der Waals surface area contributed by atoms with E-state index in [1.54, 1.807) is 0 Å². The SMILES string of the molecule is c1ccc2c(c1)nc1n(-c3ccc4oc5ccc(-n6c7ccccc7c7ccccc76)cc5c4c3)c3nc4ccccc4n3c3cc(-n4c5ccccc5c5ccccc54)ccc3n21. The van der Waals surface area contributed by atoms with Crippen molar-refractivity contribution in [3.05, 3.63) is 200 Å². The number of furan rings is 1. The molecule has 0 saturated heterocycles. The predicted octanol–water partition coefficient (Wildman–Crippen LogP) is 13.9. The van der Waals surface area contributed by atoms with E-state index in [-0.39, 0.29) is 0 Å². The Morgan fingerprint density at radius 2 is 0.656 bits per heavy atom. The Hall–Kier alpha value is -8.88. The molecule has 0 bridgehead atoms. The zero-order valence-corrected chi connectivity index (χ0v) is 34.1. The molecule has 0 aliphatic rings. The number of hydrogen-bond donors (Lipinski definition) is 0. The predicted molar refractivity (Wildman–Crippen MR) is 261 cm³/mol. The molecule has 0 atom stereocenters. The molecule has 64 heavy (non-hydrogen) atoms. The molecule has 0 amide bonds. The lowest BCUT2D eigenvalue weighted by molar-refractivity contribution is 0.669. The van der Waals surface area contributed by atoms with E-state index in [1.165, 1.54) is 32.6 Å². The van der Waals surface area contributed by atoms with Crippen molar-refractivity contribution in [2.45, 2.75) is 0 Å². The van der Waals surface area contributed by atoms with E-state index in [1.807, 2.05) is 0 Å². The molecule has 8 nitrogen and oxygen atoms in total. The number of para-hydroxylation sites is 8. The zero-order chi connectivity index (χ0) is 41.6. The maximum Gasteiger partial charge on any atom is 0.223 e.